The molecule has 7 nitrogen and oxygen atoms in total. The van der Waals surface area contributed by atoms with E-state index in [4.69, 9.17) is 15.9 Å². The van der Waals surface area contributed by atoms with Crippen LogP contribution in [0.5, 0.6) is 5.75 Å². The quantitative estimate of drug-likeness (QED) is 0.585. The Morgan fingerprint density at radius 2 is 2.00 bits per heavy atom. The number of ether oxygens (including phenoxy) is 1. The summed E-state index contributed by atoms with van der Waals surface area (Å²) in [6.07, 6.45) is 1.44. The molecule has 1 heterocycles. The monoisotopic (exact) mass is 309 g/mol. The number of aromatic nitrogens is 2. The molecule has 2 rings (SSSR count). The number of hydrogen-bond donors (Lipinski definition) is 3. The topological polar surface area (TPSA) is 106 Å². The third kappa shape index (κ3) is 3.51. The molecular formula is C13H16ClN5O2. The highest BCUT2D eigenvalue weighted by molar-refractivity contribution is 6.04. The molecule has 0 bridgehead atoms. The molecule has 0 aliphatic heterocycles. The van der Waals surface area contributed by atoms with Gasteiger partial charge in [0, 0.05) is 0 Å². The largest absolute Gasteiger partial charge is 0.497 e. The zero-order valence-electron chi connectivity index (χ0n) is 11.6. The highest BCUT2D eigenvalue weighted by Gasteiger charge is 2.15. The van der Waals surface area contributed by atoms with Crippen LogP contribution in [-0.2, 0) is 0 Å². The Morgan fingerprint density at radius 3 is 2.52 bits per heavy atom. The summed E-state index contributed by atoms with van der Waals surface area (Å²) in [5.41, 5.74) is 6.98. The highest BCUT2D eigenvalue weighted by Crippen LogP contribution is 2.17. The summed E-state index contributed by atoms with van der Waals surface area (Å²) < 4.78 is 6.72. The van der Waals surface area contributed by atoms with Gasteiger partial charge >= 0.3 is 0 Å². The van der Waals surface area contributed by atoms with Gasteiger partial charge in [-0.05, 0) is 31.2 Å². The van der Waals surface area contributed by atoms with Gasteiger partial charge in [0.2, 0.25) is 0 Å². The number of hydrogen-bond acceptors (Lipinski definition) is 4. The van der Waals surface area contributed by atoms with Gasteiger partial charge in [0.25, 0.3) is 5.91 Å². The van der Waals surface area contributed by atoms with Crippen molar-refractivity contribution in [2.45, 2.75) is 6.92 Å². The molecule has 21 heavy (non-hydrogen) atoms. The number of nitrogens with one attached hydrogen (secondary N) is 2. The molecule has 0 spiro atoms. The first-order chi connectivity index (χ1) is 9.52. The molecule has 0 unspecified atom stereocenters. The number of amides is 1. The lowest BCUT2D eigenvalue weighted by atomic mass is 10.2. The smallest absolute Gasteiger partial charge is 0.261 e. The summed E-state index contributed by atoms with van der Waals surface area (Å²) in [6, 6.07) is 7.30. The van der Waals surface area contributed by atoms with E-state index in [2.05, 4.69) is 10.4 Å². The Bertz CT molecular complexity index is 651. The second-order valence-corrected chi connectivity index (χ2v) is 4.12. The third-order valence-corrected chi connectivity index (χ3v) is 2.82. The Hall–Kier alpha value is -2.54. The zero-order valence-corrected chi connectivity index (χ0v) is 12.4. The lowest BCUT2D eigenvalue weighted by Crippen LogP contribution is -2.35. The van der Waals surface area contributed by atoms with Crippen molar-refractivity contribution in [3.63, 3.8) is 0 Å². The molecule has 8 heteroatoms. The number of guanidine groups is 1. The van der Waals surface area contributed by atoms with Crippen LogP contribution in [0.1, 0.15) is 16.1 Å². The zero-order chi connectivity index (χ0) is 14.7. The van der Waals surface area contributed by atoms with Gasteiger partial charge in [0.05, 0.1) is 30.3 Å². The van der Waals surface area contributed by atoms with Gasteiger partial charge in [0.1, 0.15) is 5.75 Å². The van der Waals surface area contributed by atoms with E-state index in [1.807, 2.05) is 24.3 Å². The minimum Gasteiger partial charge on any atom is -0.497 e. The van der Waals surface area contributed by atoms with Crippen molar-refractivity contribution >= 4 is 24.3 Å². The third-order valence-electron chi connectivity index (χ3n) is 2.82. The van der Waals surface area contributed by atoms with E-state index in [-0.39, 0.29) is 12.4 Å². The van der Waals surface area contributed by atoms with Gasteiger partial charge in [-0.15, -0.1) is 12.4 Å². The van der Waals surface area contributed by atoms with Crippen LogP contribution in [0.3, 0.4) is 0 Å². The number of halogens is 1. The first kappa shape index (κ1) is 16.5. The summed E-state index contributed by atoms with van der Waals surface area (Å²) in [4.78, 5) is 11.8. The number of benzene rings is 1. The molecule has 112 valence electrons. The van der Waals surface area contributed by atoms with Crippen molar-refractivity contribution in [3.8, 4) is 11.4 Å². The SMILES string of the molecule is COc1ccc(-n2ncc(C(=O)NC(=N)N)c2C)cc1.Cl. The van der Waals surface area contributed by atoms with Crippen LogP contribution >= 0.6 is 12.4 Å². The van der Waals surface area contributed by atoms with E-state index >= 15 is 0 Å². The molecule has 0 radical (unpaired) electrons. The lowest BCUT2D eigenvalue weighted by Gasteiger charge is -2.06. The number of methoxy groups -OCH3 is 1. The van der Waals surface area contributed by atoms with Crippen molar-refractivity contribution in [1.29, 1.82) is 5.41 Å². The maximum absolute atomic E-state index is 11.8. The van der Waals surface area contributed by atoms with Crippen LogP contribution in [0.15, 0.2) is 30.5 Å². The fourth-order valence-corrected chi connectivity index (χ4v) is 1.81. The number of carbonyl (C=O) groups excluding carboxylic acids is 1. The van der Waals surface area contributed by atoms with Crippen molar-refractivity contribution in [2.24, 2.45) is 5.73 Å². The molecule has 0 aliphatic rings. The normalized spacial score (nSPS) is 9.62. The summed E-state index contributed by atoms with van der Waals surface area (Å²) >= 11 is 0. The maximum atomic E-state index is 11.8. The molecule has 0 aliphatic carbocycles. The first-order valence-electron chi connectivity index (χ1n) is 5.87. The van der Waals surface area contributed by atoms with Gasteiger partial charge < -0.3 is 10.5 Å². The van der Waals surface area contributed by atoms with Crippen LogP contribution in [0.2, 0.25) is 0 Å². The van der Waals surface area contributed by atoms with Gasteiger partial charge in [-0.1, -0.05) is 0 Å². The highest BCUT2D eigenvalue weighted by atomic mass is 35.5. The van der Waals surface area contributed by atoms with Crippen molar-refractivity contribution < 1.29 is 9.53 Å². The summed E-state index contributed by atoms with van der Waals surface area (Å²) in [5.74, 6) is -0.102. The molecule has 1 aromatic carbocycles. The average Bonchev–Trinajstić information content (AvgIpc) is 2.80. The van der Waals surface area contributed by atoms with E-state index in [1.54, 1.807) is 18.7 Å². The average molecular weight is 310 g/mol. The fourth-order valence-electron chi connectivity index (χ4n) is 1.81. The van der Waals surface area contributed by atoms with Gasteiger partial charge in [-0.3, -0.25) is 15.5 Å². The Balaban J connectivity index is 0.00000220. The number of rotatable bonds is 3. The van der Waals surface area contributed by atoms with Crippen LogP contribution in [-0.4, -0.2) is 28.8 Å². The molecule has 1 aromatic heterocycles. The molecule has 0 fully saturated rings. The first-order valence-corrected chi connectivity index (χ1v) is 5.87. The molecule has 0 saturated carbocycles. The molecule has 1 amide bonds. The van der Waals surface area contributed by atoms with Crippen molar-refractivity contribution in [1.82, 2.24) is 15.1 Å². The standard InChI is InChI=1S/C13H15N5O2.ClH/c1-8-11(12(19)17-13(14)15)7-16-18(8)9-3-5-10(20-2)6-4-9;/h3-7H,1-2H3,(H4,14,15,17,19);1H. The van der Waals surface area contributed by atoms with E-state index in [1.165, 1.54) is 6.20 Å². The predicted molar refractivity (Wildman–Crippen MR) is 81.5 cm³/mol. The van der Waals surface area contributed by atoms with Crippen LogP contribution in [0.25, 0.3) is 5.69 Å². The van der Waals surface area contributed by atoms with Crippen LogP contribution in [0, 0.1) is 12.3 Å². The van der Waals surface area contributed by atoms with Crippen molar-refractivity contribution in [3.05, 3.63) is 41.7 Å². The number of nitrogens with zero attached hydrogens (tertiary/aromatic N) is 2. The summed E-state index contributed by atoms with van der Waals surface area (Å²) in [6.45, 7) is 1.77. The Morgan fingerprint density at radius 1 is 1.38 bits per heavy atom. The number of carbonyl (C=O) groups is 1. The molecule has 4 N–H and O–H groups in total. The van der Waals surface area contributed by atoms with E-state index in [9.17, 15) is 4.79 Å². The van der Waals surface area contributed by atoms with Crippen LogP contribution < -0.4 is 15.8 Å². The minimum atomic E-state index is -0.449. The van der Waals surface area contributed by atoms with Gasteiger partial charge in [-0.2, -0.15) is 5.10 Å². The van der Waals surface area contributed by atoms with Crippen molar-refractivity contribution in [2.75, 3.05) is 7.11 Å². The van der Waals surface area contributed by atoms with Crippen LogP contribution in [0.4, 0.5) is 0 Å². The van der Waals surface area contributed by atoms with E-state index in [0.29, 0.717) is 11.3 Å². The van der Waals surface area contributed by atoms with Gasteiger partial charge in [-0.25, -0.2) is 4.68 Å². The summed E-state index contributed by atoms with van der Waals surface area (Å²) in [7, 11) is 1.60. The molecule has 0 saturated heterocycles. The van der Waals surface area contributed by atoms with Gasteiger partial charge in [0.15, 0.2) is 5.96 Å². The Labute approximate surface area is 128 Å². The molecule has 2 aromatic rings. The number of nitrogens with two attached hydrogens (primary N) is 1. The predicted octanol–water partition coefficient (Wildman–Crippen LogP) is 1.23. The molecular weight excluding hydrogens is 294 g/mol. The van der Waals surface area contributed by atoms with E-state index < -0.39 is 11.9 Å². The second-order valence-electron chi connectivity index (χ2n) is 4.12. The Kier molecular flexibility index (Phi) is 5.31. The maximum Gasteiger partial charge on any atom is 0.261 e. The summed E-state index contributed by atoms with van der Waals surface area (Å²) in [5, 5.41) is 13.5. The lowest BCUT2D eigenvalue weighted by molar-refractivity contribution is 0.0976. The fraction of sp³-hybridized carbons (Fsp3) is 0.154. The second kappa shape index (κ2) is 6.76. The molecule has 0 atom stereocenters. The minimum absolute atomic E-state index is 0. The van der Waals surface area contributed by atoms with E-state index in [0.717, 1.165) is 11.4 Å².